The van der Waals surface area contributed by atoms with Crippen molar-refractivity contribution in [2.75, 3.05) is 52.9 Å². The Hall–Kier alpha value is -3.69. The van der Waals surface area contributed by atoms with E-state index < -0.39 is 5.41 Å². The van der Waals surface area contributed by atoms with Crippen LogP contribution in [0, 0.1) is 28.6 Å². The number of carbonyl (C=O) groups excluding carboxylic acids is 3. The zero-order valence-corrected chi connectivity index (χ0v) is 28.0. The van der Waals surface area contributed by atoms with Gasteiger partial charge in [0.1, 0.15) is 38.0 Å². The van der Waals surface area contributed by atoms with E-state index in [9.17, 15) is 14.4 Å². The molecule has 0 N–H and O–H groups in total. The van der Waals surface area contributed by atoms with Crippen LogP contribution in [0.5, 0.6) is 23.0 Å². The van der Waals surface area contributed by atoms with E-state index in [4.69, 9.17) is 28.4 Å². The topological polar surface area (TPSA) is 107 Å². The molecule has 0 aromatic heterocycles. The van der Waals surface area contributed by atoms with Crippen LogP contribution >= 0.6 is 0 Å². The third-order valence-electron chi connectivity index (χ3n) is 11.6. The van der Waals surface area contributed by atoms with Crippen LogP contribution in [0.15, 0.2) is 54.1 Å². The van der Waals surface area contributed by atoms with Gasteiger partial charge in [-0.15, -0.1) is 0 Å². The second-order valence-corrected chi connectivity index (χ2v) is 14.3. The Balaban J connectivity index is 1.07. The minimum absolute atomic E-state index is 0.115. The Bertz CT molecular complexity index is 1580. The zero-order chi connectivity index (χ0) is 33.3. The van der Waals surface area contributed by atoms with E-state index in [-0.39, 0.29) is 52.9 Å². The van der Waals surface area contributed by atoms with Crippen LogP contribution in [-0.4, -0.2) is 70.2 Å². The molecule has 1 aliphatic heterocycles. The van der Waals surface area contributed by atoms with Crippen molar-refractivity contribution in [2.45, 2.75) is 58.3 Å². The van der Waals surface area contributed by atoms with Gasteiger partial charge in [-0.2, -0.15) is 0 Å². The number of allylic oxidation sites excluding steroid dienone is 1. The lowest BCUT2D eigenvalue weighted by Crippen LogP contribution is -2.55. The van der Waals surface area contributed by atoms with Gasteiger partial charge in [-0.3, -0.25) is 14.4 Å². The van der Waals surface area contributed by atoms with E-state index in [1.165, 1.54) is 0 Å². The lowest BCUT2D eigenvalue weighted by atomic mass is 9.47. The van der Waals surface area contributed by atoms with Gasteiger partial charge in [0.05, 0.1) is 26.4 Å². The summed E-state index contributed by atoms with van der Waals surface area (Å²) in [6.45, 7) is 7.05. The molecule has 7 rings (SSSR count). The SMILES string of the molecule is C[C@]12CCC(=O)C=C1CCC1C2C(=O)C[C@]2(C)C(=O)C(c3ccc4c(c3)OCCOCCOc3ccccc3OCCOCCO4)CC12. The molecule has 0 amide bonds. The van der Waals surface area contributed by atoms with Crippen LogP contribution < -0.4 is 18.9 Å². The maximum absolute atomic E-state index is 14.3. The molecule has 2 aromatic carbocycles. The summed E-state index contributed by atoms with van der Waals surface area (Å²) in [4.78, 5) is 40.5. The fourth-order valence-corrected chi connectivity index (χ4v) is 9.21. The number of rotatable bonds is 1. The molecule has 0 bridgehead atoms. The van der Waals surface area contributed by atoms with Crippen LogP contribution in [0.25, 0.3) is 0 Å². The first-order chi connectivity index (χ1) is 23.3. The minimum atomic E-state index is -0.693. The Morgan fingerprint density at radius 2 is 1.29 bits per heavy atom. The summed E-state index contributed by atoms with van der Waals surface area (Å²) in [6, 6.07) is 13.3. The van der Waals surface area contributed by atoms with E-state index in [1.54, 1.807) is 0 Å². The molecule has 2 aromatic rings. The number of ether oxygens (including phenoxy) is 6. The average Bonchev–Trinajstić information content (AvgIpc) is 3.34. The molecule has 0 spiro atoms. The number of para-hydroxylation sites is 2. The second kappa shape index (κ2) is 13.7. The van der Waals surface area contributed by atoms with Crippen molar-refractivity contribution in [2.24, 2.45) is 28.6 Å². The molecule has 4 unspecified atom stereocenters. The van der Waals surface area contributed by atoms with E-state index in [1.807, 2.05) is 55.5 Å². The molecule has 6 atom stereocenters. The number of ketones is 3. The third kappa shape index (κ3) is 6.15. The van der Waals surface area contributed by atoms with Crippen LogP contribution in [-0.2, 0) is 23.9 Å². The fourth-order valence-electron chi connectivity index (χ4n) is 9.21. The first-order valence-electron chi connectivity index (χ1n) is 17.5. The van der Waals surface area contributed by atoms with Crippen molar-refractivity contribution in [3.05, 3.63) is 59.7 Å². The molecule has 3 fully saturated rings. The summed E-state index contributed by atoms with van der Waals surface area (Å²) in [5.74, 6) is 2.75. The number of carbonyl (C=O) groups is 3. The summed E-state index contributed by atoms with van der Waals surface area (Å²) in [5, 5.41) is 0. The maximum atomic E-state index is 14.3. The van der Waals surface area contributed by atoms with Crippen molar-refractivity contribution in [3.63, 3.8) is 0 Å². The van der Waals surface area contributed by atoms with Gasteiger partial charge < -0.3 is 28.4 Å². The van der Waals surface area contributed by atoms with E-state index in [0.717, 1.165) is 30.4 Å². The van der Waals surface area contributed by atoms with Gasteiger partial charge in [-0.05, 0) is 78.8 Å². The van der Waals surface area contributed by atoms with Gasteiger partial charge in [0.15, 0.2) is 28.8 Å². The molecule has 0 saturated heterocycles. The molecule has 1 heterocycles. The van der Waals surface area contributed by atoms with E-state index in [0.29, 0.717) is 88.7 Å². The Morgan fingerprint density at radius 3 is 1.94 bits per heavy atom. The number of benzene rings is 2. The lowest BCUT2D eigenvalue weighted by molar-refractivity contribution is -0.150. The van der Waals surface area contributed by atoms with Gasteiger partial charge in [-0.1, -0.05) is 37.6 Å². The van der Waals surface area contributed by atoms with Crippen molar-refractivity contribution >= 4 is 17.3 Å². The van der Waals surface area contributed by atoms with Crippen molar-refractivity contribution in [1.29, 1.82) is 0 Å². The van der Waals surface area contributed by atoms with Crippen molar-refractivity contribution in [3.8, 4) is 23.0 Å². The molecular weight excluding hydrogens is 612 g/mol. The molecule has 0 radical (unpaired) electrons. The molecule has 4 aliphatic carbocycles. The highest BCUT2D eigenvalue weighted by molar-refractivity contribution is 6.00. The smallest absolute Gasteiger partial charge is 0.161 e. The number of hydrogen-bond donors (Lipinski definition) is 0. The number of hydrogen-bond acceptors (Lipinski definition) is 9. The summed E-state index contributed by atoms with van der Waals surface area (Å²) in [7, 11) is 0. The predicted molar refractivity (Wildman–Crippen MR) is 177 cm³/mol. The van der Waals surface area contributed by atoms with Crippen molar-refractivity contribution in [1.82, 2.24) is 0 Å². The second-order valence-electron chi connectivity index (χ2n) is 14.3. The van der Waals surface area contributed by atoms with E-state index in [2.05, 4.69) is 6.92 Å². The Labute approximate surface area is 282 Å². The number of fused-ring (bicyclic) bond motifs is 7. The van der Waals surface area contributed by atoms with Crippen molar-refractivity contribution < 1.29 is 42.8 Å². The molecule has 5 aliphatic rings. The first kappa shape index (κ1) is 32.8. The Morgan fingerprint density at radius 1 is 0.688 bits per heavy atom. The summed E-state index contributed by atoms with van der Waals surface area (Å²) in [6.07, 6.45) is 5.67. The first-order valence-corrected chi connectivity index (χ1v) is 17.5. The van der Waals surface area contributed by atoms with Gasteiger partial charge in [0.25, 0.3) is 0 Å². The average molecular weight is 659 g/mol. The molecular formula is C39H46O9. The lowest BCUT2D eigenvalue weighted by Gasteiger charge is -2.55. The van der Waals surface area contributed by atoms with Crippen LogP contribution in [0.1, 0.15) is 63.9 Å². The standard InChI is InChI=1S/C39H46O9/c1-38-12-11-27(40)22-26(38)8-9-28-30-23-29(37(42)39(30,2)24-31(41)36(28)38)25-7-10-34-35(21-25)48-20-16-44-14-18-46-33-6-4-3-5-32(33)45-17-13-43-15-19-47-34/h3-7,10,21-22,28-30,36H,8-9,11-20,23-24H2,1-2H3/t28?,29?,30?,36?,38-,39-/m0/s1. The highest BCUT2D eigenvalue weighted by atomic mass is 16.6. The predicted octanol–water partition coefficient (Wildman–Crippen LogP) is 5.92. The zero-order valence-electron chi connectivity index (χ0n) is 28.0. The van der Waals surface area contributed by atoms with Gasteiger partial charge in [0.2, 0.25) is 0 Å². The fraction of sp³-hybridized carbons (Fsp3) is 0.564. The molecule has 3 saturated carbocycles. The quantitative estimate of drug-likeness (QED) is 0.369. The maximum Gasteiger partial charge on any atom is 0.161 e. The van der Waals surface area contributed by atoms with Crippen LogP contribution in [0.2, 0.25) is 0 Å². The molecule has 48 heavy (non-hydrogen) atoms. The highest BCUT2D eigenvalue weighted by Crippen LogP contribution is 2.65. The summed E-state index contributed by atoms with van der Waals surface area (Å²) in [5.41, 5.74) is 1.04. The minimum Gasteiger partial charge on any atom is -0.487 e. The normalized spacial score (nSPS) is 33.0. The highest BCUT2D eigenvalue weighted by Gasteiger charge is 2.64. The van der Waals surface area contributed by atoms with Gasteiger partial charge >= 0.3 is 0 Å². The van der Waals surface area contributed by atoms with Crippen LogP contribution in [0.3, 0.4) is 0 Å². The summed E-state index contributed by atoms with van der Waals surface area (Å²) >= 11 is 0. The molecule has 9 nitrogen and oxygen atoms in total. The largest absolute Gasteiger partial charge is 0.487 e. The van der Waals surface area contributed by atoms with Crippen LogP contribution in [0.4, 0.5) is 0 Å². The van der Waals surface area contributed by atoms with E-state index >= 15 is 0 Å². The summed E-state index contributed by atoms with van der Waals surface area (Å²) < 4.78 is 35.6. The van der Waals surface area contributed by atoms with Gasteiger partial charge in [-0.25, -0.2) is 0 Å². The van der Waals surface area contributed by atoms with Gasteiger partial charge in [0, 0.05) is 30.1 Å². The monoisotopic (exact) mass is 658 g/mol. The molecule has 256 valence electrons. The molecule has 9 heteroatoms. The Kier molecular flexibility index (Phi) is 9.35. The third-order valence-corrected chi connectivity index (χ3v) is 11.6. The number of Topliss-reactive ketones (excluding diaryl/α,β-unsaturated/α-hetero) is 2.